The molecule has 0 spiro atoms. The third-order valence-electron chi connectivity index (χ3n) is 9.62. The fourth-order valence-electron chi connectivity index (χ4n) is 7.52. The third kappa shape index (κ3) is 5.03. The van der Waals surface area contributed by atoms with Crippen LogP contribution in [-0.4, -0.2) is 44.8 Å². The third-order valence-corrected chi connectivity index (χ3v) is 9.62. The lowest BCUT2D eigenvalue weighted by Crippen LogP contribution is -2.53. The van der Waals surface area contributed by atoms with Gasteiger partial charge in [0, 0.05) is 37.9 Å². The Morgan fingerprint density at radius 1 is 0.900 bits per heavy atom. The highest BCUT2D eigenvalue weighted by Gasteiger charge is 2.48. The molecule has 4 heterocycles. The van der Waals surface area contributed by atoms with E-state index < -0.39 is 0 Å². The van der Waals surface area contributed by atoms with Crippen molar-refractivity contribution in [2.75, 3.05) is 18.1 Å². The lowest BCUT2D eigenvalue weighted by Gasteiger charge is -2.44. The number of piperidine rings is 1. The minimum absolute atomic E-state index is 0.0648. The van der Waals surface area contributed by atoms with E-state index in [1.165, 1.54) is 36.8 Å². The molecule has 2 N–H and O–H groups in total. The molecule has 0 radical (unpaired) electrons. The molecular weight excluding hydrogens is 498 g/mol. The summed E-state index contributed by atoms with van der Waals surface area (Å²) < 4.78 is 2.40. The predicted octanol–water partition coefficient (Wildman–Crippen LogP) is 4.77. The van der Waals surface area contributed by atoms with Crippen LogP contribution in [0.25, 0.3) is 0 Å². The predicted molar refractivity (Wildman–Crippen MR) is 155 cm³/mol. The van der Waals surface area contributed by atoms with Gasteiger partial charge in [0.1, 0.15) is 18.2 Å². The van der Waals surface area contributed by atoms with Crippen LogP contribution < -0.4 is 15.8 Å². The van der Waals surface area contributed by atoms with E-state index in [4.69, 9.17) is 0 Å². The molecule has 1 aliphatic carbocycles. The van der Waals surface area contributed by atoms with Gasteiger partial charge in [-0.2, -0.15) is 0 Å². The zero-order chi connectivity index (χ0) is 26.9. The van der Waals surface area contributed by atoms with Gasteiger partial charge in [-0.3, -0.25) is 19.7 Å². The quantitative estimate of drug-likeness (QED) is 0.451. The van der Waals surface area contributed by atoms with Crippen LogP contribution in [0.4, 0.5) is 5.95 Å². The zero-order valence-electron chi connectivity index (χ0n) is 23.3. The molecular formula is C32H41N7O. The summed E-state index contributed by atoms with van der Waals surface area (Å²) in [6, 6.07) is 21.7. The van der Waals surface area contributed by atoms with E-state index in [1.807, 2.05) is 0 Å². The van der Waals surface area contributed by atoms with Gasteiger partial charge in [-0.05, 0) is 55.6 Å². The van der Waals surface area contributed by atoms with Crippen LogP contribution in [0.15, 0.2) is 60.7 Å². The van der Waals surface area contributed by atoms with Gasteiger partial charge < -0.3 is 4.90 Å². The first-order valence-electron chi connectivity index (χ1n) is 15.4. The van der Waals surface area contributed by atoms with Crippen LogP contribution >= 0.6 is 0 Å². The molecule has 2 aromatic carbocycles. The minimum atomic E-state index is 0.0648. The molecule has 4 unspecified atom stereocenters. The van der Waals surface area contributed by atoms with E-state index in [1.54, 1.807) is 0 Å². The molecule has 2 saturated heterocycles. The number of hydrogen-bond donors (Lipinski definition) is 2. The number of carbonyl (C=O) groups excluding carboxylic acids is 1. The highest BCUT2D eigenvalue weighted by Crippen LogP contribution is 2.45. The smallest absolute Gasteiger partial charge is 0.243 e. The van der Waals surface area contributed by atoms with Crippen molar-refractivity contribution in [2.45, 2.75) is 82.6 Å². The number of hydrogen-bond acceptors (Lipinski definition) is 6. The van der Waals surface area contributed by atoms with E-state index in [0.717, 1.165) is 57.0 Å². The number of amides is 1. The fraction of sp³-hybridized carbons (Fsp3) is 0.531. The van der Waals surface area contributed by atoms with Gasteiger partial charge >= 0.3 is 0 Å². The van der Waals surface area contributed by atoms with Crippen LogP contribution in [0.3, 0.4) is 0 Å². The summed E-state index contributed by atoms with van der Waals surface area (Å²) >= 11 is 0. The van der Waals surface area contributed by atoms with Gasteiger partial charge in [0.05, 0.1) is 0 Å². The van der Waals surface area contributed by atoms with Crippen molar-refractivity contribution < 1.29 is 4.79 Å². The number of aryl methyl sites for hydroxylation is 1. The molecule has 1 amide bonds. The topological polar surface area (TPSA) is 78.3 Å². The Morgan fingerprint density at radius 3 is 2.45 bits per heavy atom. The maximum Gasteiger partial charge on any atom is 0.243 e. The Labute approximate surface area is 237 Å². The normalized spacial score (nSPS) is 26.3. The van der Waals surface area contributed by atoms with Gasteiger partial charge in [-0.25, -0.2) is 5.43 Å². The number of carbonyl (C=O) groups is 1. The Bertz CT molecular complexity index is 1290. The van der Waals surface area contributed by atoms with Crippen molar-refractivity contribution in [3.63, 3.8) is 0 Å². The average molecular weight is 540 g/mol. The first-order chi connectivity index (χ1) is 19.7. The molecule has 1 saturated carbocycles. The highest BCUT2D eigenvalue weighted by molar-refractivity contribution is 5.76. The second-order valence-corrected chi connectivity index (χ2v) is 12.1. The number of hydrazine groups is 1. The van der Waals surface area contributed by atoms with Crippen molar-refractivity contribution in [3.05, 3.63) is 77.6 Å². The fourth-order valence-corrected chi connectivity index (χ4v) is 7.52. The number of anilines is 1. The number of nitrogens with one attached hydrogen (secondary N) is 2. The van der Waals surface area contributed by atoms with Gasteiger partial charge in [0.25, 0.3) is 0 Å². The molecule has 0 bridgehead atoms. The molecule has 3 aromatic rings. The second-order valence-electron chi connectivity index (χ2n) is 12.1. The zero-order valence-corrected chi connectivity index (χ0v) is 23.3. The lowest BCUT2D eigenvalue weighted by molar-refractivity contribution is -0.132. The Hall–Kier alpha value is -3.23. The largest absolute Gasteiger partial charge is 0.343 e. The second kappa shape index (κ2) is 11.3. The van der Waals surface area contributed by atoms with Gasteiger partial charge in [0.2, 0.25) is 11.9 Å². The van der Waals surface area contributed by atoms with E-state index >= 15 is 0 Å². The molecule has 3 aliphatic heterocycles. The summed E-state index contributed by atoms with van der Waals surface area (Å²) in [6.07, 6.45) is 10.7. The molecule has 210 valence electrons. The summed E-state index contributed by atoms with van der Waals surface area (Å²) in [6.45, 7) is 1.77. The Balaban J connectivity index is 0.975. The van der Waals surface area contributed by atoms with Crippen molar-refractivity contribution >= 4 is 11.9 Å². The number of fused-ring (bicyclic) bond motifs is 6. The van der Waals surface area contributed by atoms with Crippen molar-refractivity contribution in [1.82, 2.24) is 30.4 Å². The number of benzene rings is 2. The molecule has 8 nitrogen and oxygen atoms in total. The Morgan fingerprint density at radius 2 is 1.65 bits per heavy atom. The summed E-state index contributed by atoms with van der Waals surface area (Å²) in [5, 5.41) is 15.5. The average Bonchev–Trinajstić information content (AvgIpc) is 3.64. The van der Waals surface area contributed by atoms with Gasteiger partial charge in [-0.15, -0.1) is 10.2 Å². The summed E-state index contributed by atoms with van der Waals surface area (Å²) in [5.41, 5.74) is 6.33. The van der Waals surface area contributed by atoms with Crippen LogP contribution in [0.1, 0.15) is 80.5 Å². The van der Waals surface area contributed by atoms with Crippen LogP contribution in [0, 0.1) is 11.8 Å². The van der Waals surface area contributed by atoms with Gasteiger partial charge in [0.15, 0.2) is 0 Å². The van der Waals surface area contributed by atoms with E-state index in [2.05, 4.69) is 96.1 Å². The number of nitrogens with zero attached hydrogens (tertiary/aromatic N) is 5. The SMILES string of the molecule is O=C(CCCc1nnc2n1C1CCCCC1C1NC(c3ccccc3)NN21)N1CCC(Cc2ccccc2)CC1. The van der Waals surface area contributed by atoms with E-state index in [9.17, 15) is 4.79 Å². The summed E-state index contributed by atoms with van der Waals surface area (Å²) in [4.78, 5) is 15.2. The Kier molecular flexibility index (Phi) is 7.29. The van der Waals surface area contributed by atoms with Crippen molar-refractivity contribution in [1.29, 1.82) is 0 Å². The van der Waals surface area contributed by atoms with Crippen molar-refractivity contribution in [3.8, 4) is 0 Å². The number of aromatic nitrogens is 3. The first-order valence-corrected chi connectivity index (χ1v) is 15.4. The maximum atomic E-state index is 13.1. The molecule has 7 rings (SSSR count). The van der Waals surface area contributed by atoms with E-state index in [0.29, 0.717) is 30.2 Å². The number of likely N-dealkylation sites (tertiary alicyclic amines) is 1. The molecule has 4 atom stereocenters. The molecule has 1 aromatic heterocycles. The lowest BCUT2D eigenvalue weighted by atomic mass is 9.81. The summed E-state index contributed by atoms with van der Waals surface area (Å²) in [7, 11) is 0. The monoisotopic (exact) mass is 539 g/mol. The first kappa shape index (κ1) is 25.7. The van der Waals surface area contributed by atoms with Crippen LogP contribution in [-0.2, 0) is 17.6 Å². The molecule has 40 heavy (non-hydrogen) atoms. The molecule has 3 fully saturated rings. The van der Waals surface area contributed by atoms with Gasteiger partial charge in [-0.1, -0.05) is 73.5 Å². The van der Waals surface area contributed by atoms with E-state index in [-0.39, 0.29) is 12.3 Å². The van der Waals surface area contributed by atoms with Crippen LogP contribution in [0.5, 0.6) is 0 Å². The molecule has 8 heteroatoms. The highest BCUT2D eigenvalue weighted by atomic mass is 16.2. The maximum absolute atomic E-state index is 13.1. The standard InChI is InChI=1S/C32H41N7O/c40-29(37-20-18-24(19-21-37)22-23-10-3-1-4-11-23)17-9-16-28-34-35-32-38(28)27-15-8-7-14-26(27)31-33-30(36-39(31)32)25-12-5-2-6-13-25/h1-6,10-13,24,26-27,30-31,33,36H,7-9,14-22H2. The van der Waals surface area contributed by atoms with Crippen LogP contribution in [0.2, 0.25) is 0 Å². The molecule has 4 aliphatic rings. The number of rotatable bonds is 7. The minimum Gasteiger partial charge on any atom is -0.343 e. The van der Waals surface area contributed by atoms with Crippen molar-refractivity contribution in [2.24, 2.45) is 11.8 Å². The summed E-state index contributed by atoms with van der Waals surface area (Å²) in [5.74, 6) is 3.43.